The van der Waals surface area contributed by atoms with Gasteiger partial charge in [0, 0.05) is 63.9 Å². The summed E-state index contributed by atoms with van der Waals surface area (Å²) in [6.07, 6.45) is 1.54. The second-order valence-corrected chi connectivity index (χ2v) is 9.92. The van der Waals surface area contributed by atoms with E-state index < -0.39 is 17.6 Å². The van der Waals surface area contributed by atoms with Crippen LogP contribution in [0.2, 0.25) is 0 Å². The fourth-order valence-electron chi connectivity index (χ4n) is 5.02. The normalized spacial score (nSPS) is 18.5. The molecule has 0 unspecified atom stereocenters. The van der Waals surface area contributed by atoms with Crippen LogP contribution in [0.4, 0.5) is 8.78 Å². The minimum absolute atomic E-state index is 0.0382. The lowest BCUT2D eigenvalue weighted by Crippen LogP contribution is -2.43. The molecule has 1 saturated heterocycles. The molecule has 0 spiro atoms. The van der Waals surface area contributed by atoms with Gasteiger partial charge in [-0.2, -0.15) is 0 Å². The monoisotopic (exact) mass is 524 g/mol. The summed E-state index contributed by atoms with van der Waals surface area (Å²) in [7, 11) is 5.08. The molecule has 178 valence electrons. The van der Waals surface area contributed by atoms with E-state index in [2.05, 4.69) is 15.9 Å². The van der Waals surface area contributed by atoms with E-state index in [1.54, 1.807) is 30.9 Å². The van der Waals surface area contributed by atoms with E-state index in [9.17, 15) is 23.2 Å². The van der Waals surface area contributed by atoms with Crippen LogP contribution in [0, 0.1) is 17.6 Å². The number of hydrogen-bond donors (Lipinski definition) is 0. The highest BCUT2D eigenvalue weighted by Crippen LogP contribution is 2.36. The van der Waals surface area contributed by atoms with Gasteiger partial charge in [0.05, 0.1) is 16.6 Å². The highest BCUT2D eigenvalue weighted by molar-refractivity contribution is 9.10. The average Bonchev–Trinajstić information content (AvgIpc) is 3.30. The minimum Gasteiger partial charge on any atom is -0.349 e. The Bertz CT molecular complexity index is 1170. The average molecular weight is 525 g/mol. The predicted octanol–water partition coefficient (Wildman–Crippen LogP) is 2.44. The van der Waals surface area contributed by atoms with Crippen molar-refractivity contribution in [1.29, 1.82) is 0 Å². The topological polar surface area (TPSA) is 67.6 Å². The molecular weight excluding hydrogens is 498 g/mol. The number of carbonyl (C=O) groups is 2. The van der Waals surface area contributed by atoms with Crippen molar-refractivity contribution >= 4 is 27.7 Å². The van der Waals surface area contributed by atoms with Crippen molar-refractivity contribution in [3.8, 4) is 0 Å². The maximum atomic E-state index is 14.6. The number of fused-ring (bicyclic) bond motifs is 1. The first-order valence-electron chi connectivity index (χ1n) is 11.0. The van der Waals surface area contributed by atoms with E-state index in [1.807, 2.05) is 0 Å². The molecule has 4 rings (SSSR count). The van der Waals surface area contributed by atoms with Crippen LogP contribution in [0.5, 0.6) is 0 Å². The second-order valence-electron chi connectivity index (χ2n) is 9.07. The molecule has 33 heavy (non-hydrogen) atoms. The number of hydrogen-bond acceptors (Lipinski definition) is 3. The number of amides is 2. The smallest absolute Gasteiger partial charge is 0.328 e. The van der Waals surface area contributed by atoms with Crippen LogP contribution in [0.15, 0.2) is 21.4 Å². The SMILES string of the molecule is CN(C)C(=O)C1CCN(C(=O)Cc2c3n(c(=O)n2C)C[C@H](c2c(F)ccc(Br)c2F)C3)CC1. The Morgan fingerprint density at radius 3 is 2.48 bits per heavy atom. The van der Waals surface area contributed by atoms with Gasteiger partial charge < -0.3 is 9.80 Å². The van der Waals surface area contributed by atoms with Crippen molar-refractivity contribution in [2.45, 2.75) is 38.1 Å². The van der Waals surface area contributed by atoms with Crippen molar-refractivity contribution in [3.05, 3.63) is 55.7 Å². The van der Waals surface area contributed by atoms with Crippen LogP contribution in [0.3, 0.4) is 0 Å². The van der Waals surface area contributed by atoms with Gasteiger partial charge in [0.15, 0.2) is 0 Å². The Hall–Kier alpha value is -2.49. The summed E-state index contributed by atoms with van der Waals surface area (Å²) in [4.78, 5) is 41.3. The summed E-state index contributed by atoms with van der Waals surface area (Å²) >= 11 is 3.10. The van der Waals surface area contributed by atoms with Crippen LogP contribution < -0.4 is 5.69 Å². The first-order valence-corrected chi connectivity index (χ1v) is 11.8. The highest BCUT2D eigenvalue weighted by atomic mass is 79.9. The van der Waals surface area contributed by atoms with Crippen molar-refractivity contribution in [1.82, 2.24) is 18.9 Å². The Morgan fingerprint density at radius 2 is 1.85 bits per heavy atom. The molecule has 2 aromatic rings. The summed E-state index contributed by atoms with van der Waals surface area (Å²) in [5.74, 6) is -1.94. The predicted molar refractivity (Wildman–Crippen MR) is 122 cm³/mol. The largest absolute Gasteiger partial charge is 0.349 e. The van der Waals surface area contributed by atoms with Crippen molar-refractivity contribution in [3.63, 3.8) is 0 Å². The molecule has 0 radical (unpaired) electrons. The van der Waals surface area contributed by atoms with Crippen molar-refractivity contribution in [2.24, 2.45) is 13.0 Å². The number of halogens is 3. The van der Waals surface area contributed by atoms with E-state index in [4.69, 9.17) is 0 Å². The van der Waals surface area contributed by atoms with E-state index in [0.717, 1.165) is 0 Å². The van der Waals surface area contributed by atoms with Crippen LogP contribution in [0.25, 0.3) is 0 Å². The Balaban J connectivity index is 1.51. The molecule has 2 aliphatic rings. The molecule has 3 heterocycles. The van der Waals surface area contributed by atoms with Gasteiger partial charge in [0.25, 0.3) is 0 Å². The Labute approximate surface area is 199 Å². The van der Waals surface area contributed by atoms with Gasteiger partial charge in [-0.1, -0.05) is 0 Å². The maximum Gasteiger partial charge on any atom is 0.328 e. The van der Waals surface area contributed by atoms with E-state index in [-0.39, 0.29) is 52.8 Å². The summed E-state index contributed by atoms with van der Waals surface area (Å²) < 4.78 is 32.2. The van der Waals surface area contributed by atoms with Crippen LogP contribution in [-0.4, -0.2) is 57.9 Å². The summed E-state index contributed by atoms with van der Waals surface area (Å²) in [6.45, 7) is 1.15. The molecule has 0 aliphatic carbocycles. The first kappa shape index (κ1) is 23.7. The van der Waals surface area contributed by atoms with Gasteiger partial charge in [-0.3, -0.25) is 18.7 Å². The maximum absolute atomic E-state index is 14.6. The van der Waals surface area contributed by atoms with Crippen LogP contribution >= 0.6 is 15.9 Å². The molecule has 10 heteroatoms. The third-order valence-corrected chi connectivity index (χ3v) is 7.48. The number of likely N-dealkylation sites (tertiary alicyclic amines) is 1. The fraction of sp³-hybridized carbons (Fsp3) is 0.522. The van der Waals surface area contributed by atoms with Gasteiger partial charge in [0.2, 0.25) is 11.8 Å². The van der Waals surface area contributed by atoms with Crippen molar-refractivity contribution < 1.29 is 18.4 Å². The molecule has 1 fully saturated rings. The summed E-state index contributed by atoms with van der Waals surface area (Å²) in [6, 6.07) is 2.53. The van der Waals surface area contributed by atoms with E-state index >= 15 is 0 Å². The molecule has 2 amide bonds. The van der Waals surface area contributed by atoms with Crippen molar-refractivity contribution in [2.75, 3.05) is 27.2 Å². The number of carbonyl (C=O) groups excluding carboxylic acids is 2. The number of imidazole rings is 1. The molecular formula is C23H27BrF2N4O3. The highest BCUT2D eigenvalue weighted by Gasteiger charge is 2.35. The van der Waals surface area contributed by atoms with Crippen LogP contribution in [0.1, 0.15) is 35.7 Å². The number of piperidine rings is 1. The third kappa shape index (κ3) is 4.25. The summed E-state index contributed by atoms with van der Waals surface area (Å²) in [5, 5.41) is 0. The zero-order valence-corrected chi connectivity index (χ0v) is 20.5. The second kappa shape index (κ2) is 9.04. The molecule has 7 nitrogen and oxygen atoms in total. The lowest BCUT2D eigenvalue weighted by Gasteiger charge is -2.32. The molecule has 0 saturated carbocycles. The molecule has 0 bridgehead atoms. The molecule has 2 aliphatic heterocycles. The number of benzene rings is 1. The van der Waals surface area contributed by atoms with E-state index in [0.29, 0.717) is 37.3 Å². The zero-order valence-electron chi connectivity index (χ0n) is 18.9. The zero-order chi connectivity index (χ0) is 24.0. The molecule has 1 aromatic carbocycles. The molecule has 0 N–H and O–H groups in total. The standard InChI is InChI=1S/C23H27BrF2N4O3/c1-27(2)22(32)13-6-8-29(9-7-13)19(31)11-17-18-10-14(12-30(18)23(33)28(17)3)20-16(25)5-4-15(24)21(20)26/h4-5,13-14H,6-12H2,1-3H3/t14-/m1/s1. The quantitative estimate of drug-likeness (QED) is 0.577. The molecule has 1 aromatic heterocycles. The van der Waals surface area contributed by atoms with E-state index in [1.165, 1.54) is 21.3 Å². The Kier molecular flexibility index (Phi) is 6.48. The van der Waals surface area contributed by atoms with Gasteiger partial charge in [-0.05, 0) is 47.3 Å². The minimum atomic E-state index is -0.657. The van der Waals surface area contributed by atoms with Crippen LogP contribution in [-0.2, 0) is 36.0 Å². The summed E-state index contributed by atoms with van der Waals surface area (Å²) in [5.41, 5.74) is 0.897. The first-order chi connectivity index (χ1) is 15.6. The Morgan fingerprint density at radius 1 is 1.18 bits per heavy atom. The third-order valence-electron chi connectivity index (χ3n) is 6.87. The number of nitrogens with zero attached hydrogens (tertiary/aromatic N) is 4. The fourth-order valence-corrected chi connectivity index (χ4v) is 5.37. The van der Waals surface area contributed by atoms with Gasteiger partial charge in [-0.25, -0.2) is 13.6 Å². The van der Waals surface area contributed by atoms with Gasteiger partial charge in [0.1, 0.15) is 11.6 Å². The number of aromatic nitrogens is 2. The number of rotatable bonds is 4. The molecule has 1 atom stereocenters. The van der Waals surface area contributed by atoms with Gasteiger partial charge >= 0.3 is 5.69 Å². The van der Waals surface area contributed by atoms with Gasteiger partial charge in [-0.15, -0.1) is 0 Å². The lowest BCUT2D eigenvalue weighted by atomic mass is 9.94. The lowest BCUT2D eigenvalue weighted by molar-refractivity contribution is -0.138.